The molecule has 0 aromatic heterocycles. The number of nitrogens with two attached hydrogens (primary N) is 1. The summed E-state index contributed by atoms with van der Waals surface area (Å²) in [6.07, 6.45) is 3.69. The maximum Gasteiger partial charge on any atom is 0.319 e. The van der Waals surface area contributed by atoms with E-state index in [4.69, 9.17) is 5.14 Å². The van der Waals surface area contributed by atoms with Gasteiger partial charge >= 0.3 is 5.97 Å². The average Bonchev–Trinajstić information content (AvgIpc) is 2.94. The van der Waals surface area contributed by atoms with Crippen LogP contribution in [0.1, 0.15) is 24.0 Å². The van der Waals surface area contributed by atoms with Crippen LogP contribution in [0.15, 0.2) is 36.4 Å². The topological polar surface area (TPSA) is 127 Å². The van der Waals surface area contributed by atoms with Crippen molar-refractivity contribution < 1.29 is 23.1 Å². The highest BCUT2D eigenvalue weighted by atomic mass is 32.2. The van der Waals surface area contributed by atoms with Gasteiger partial charge in [0.05, 0.1) is 5.75 Å². The van der Waals surface area contributed by atoms with Gasteiger partial charge in [-0.3, -0.25) is 9.59 Å². The molecule has 0 atom stereocenters. The first-order valence-electron chi connectivity index (χ1n) is 6.98. The van der Waals surface area contributed by atoms with Gasteiger partial charge in [0.15, 0.2) is 5.41 Å². The Labute approximate surface area is 134 Å². The highest BCUT2D eigenvalue weighted by Crippen LogP contribution is 2.33. The zero-order chi connectivity index (χ0) is 17.1. The fraction of sp³-hybridized carbons (Fsp3) is 0.333. The number of carbonyl (C=O) groups excluding carboxylic acids is 1. The Kier molecular flexibility index (Phi) is 4.86. The van der Waals surface area contributed by atoms with Gasteiger partial charge in [0, 0.05) is 6.54 Å². The van der Waals surface area contributed by atoms with Crippen molar-refractivity contribution in [3.8, 4) is 0 Å². The summed E-state index contributed by atoms with van der Waals surface area (Å²) in [6, 6.07) is 6.61. The maximum atomic E-state index is 12.2. The van der Waals surface area contributed by atoms with Gasteiger partial charge in [-0.15, -0.1) is 0 Å². The predicted molar refractivity (Wildman–Crippen MR) is 83.5 cm³/mol. The van der Waals surface area contributed by atoms with Crippen molar-refractivity contribution in [2.24, 2.45) is 10.6 Å². The predicted octanol–water partition coefficient (Wildman–Crippen LogP) is 0.512. The number of nitrogens with one attached hydrogen (secondary N) is 1. The van der Waals surface area contributed by atoms with Crippen LogP contribution in [0.3, 0.4) is 0 Å². The zero-order valence-electron chi connectivity index (χ0n) is 12.4. The molecule has 4 N–H and O–H groups in total. The van der Waals surface area contributed by atoms with E-state index in [0.29, 0.717) is 11.1 Å². The second-order valence-electron chi connectivity index (χ2n) is 5.58. The molecule has 7 nitrogen and oxygen atoms in total. The molecule has 0 spiro atoms. The van der Waals surface area contributed by atoms with Gasteiger partial charge in [-0.2, -0.15) is 0 Å². The van der Waals surface area contributed by atoms with Crippen molar-refractivity contribution in [1.82, 2.24) is 5.32 Å². The van der Waals surface area contributed by atoms with Crippen molar-refractivity contribution in [1.29, 1.82) is 0 Å². The SMILES string of the molecule is NS(=O)(=O)Cc1cccc(CNC(=O)C2(C(=O)O)CC=CC2)c1. The van der Waals surface area contributed by atoms with Crippen LogP contribution in [0, 0.1) is 5.41 Å². The van der Waals surface area contributed by atoms with E-state index in [0.717, 1.165) is 0 Å². The van der Waals surface area contributed by atoms with Crippen molar-refractivity contribution in [3.63, 3.8) is 0 Å². The molecule has 1 amide bonds. The van der Waals surface area contributed by atoms with E-state index in [2.05, 4.69) is 5.32 Å². The maximum absolute atomic E-state index is 12.2. The first-order valence-corrected chi connectivity index (χ1v) is 8.69. The second-order valence-corrected chi connectivity index (χ2v) is 7.19. The number of carbonyl (C=O) groups is 2. The molecular weight excluding hydrogens is 320 g/mol. The van der Waals surface area contributed by atoms with E-state index >= 15 is 0 Å². The molecule has 2 rings (SSSR count). The summed E-state index contributed by atoms with van der Waals surface area (Å²) in [4.78, 5) is 23.7. The van der Waals surface area contributed by atoms with Crippen LogP contribution in [0.2, 0.25) is 0 Å². The van der Waals surface area contributed by atoms with Crippen LogP contribution in [0.4, 0.5) is 0 Å². The number of amides is 1. The Hall–Kier alpha value is -2.19. The van der Waals surface area contributed by atoms with Crippen molar-refractivity contribution in [2.75, 3.05) is 0 Å². The van der Waals surface area contributed by atoms with Crippen LogP contribution in [0.5, 0.6) is 0 Å². The highest BCUT2D eigenvalue weighted by Gasteiger charge is 2.46. The van der Waals surface area contributed by atoms with Crippen molar-refractivity contribution in [3.05, 3.63) is 47.5 Å². The van der Waals surface area contributed by atoms with Crippen LogP contribution < -0.4 is 10.5 Å². The number of benzene rings is 1. The van der Waals surface area contributed by atoms with Gasteiger partial charge < -0.3 is 10.4 Å². The highest BCUT2D eigenvalue weighted by molar-refractivity contribution is 7.88. The molecule has 0 saturated carbocycles. The lowest BCUT2D eigenvalue weighted by atomic mass is 9.84. The van der Waals surface area contributed by atoms with E-state index in [9.17, 15) is 23.1 Å². The number of carboxylic acid groups (broad SMARTS) is 1. The molecule has 0 aliphatic heterocycles. The minimum Gasteiger partial charge on any atom is -0.480 e. The second kappa shape index (κ2) is 6.51. The largest absolute Gasteiger partial charge is 0.480 e. The summed E-state index contributed by atoms with van der Waals surface area (Å²) >= 11 is 0. The van der Waals surface area contributed by atoms with Gasteiger partial charge in [0.25, 0.3) is 0 Å². The quantitative estimate of drug-likeness (QED) is 0.514. The Morgan fingerprint density at radius 1 is 1.22 bits per heavy atom. The van der Waals surface area contributed by atoms with Gasteiger partial charge in [0.2, 0.25) is 15.9 Å². The Morgan fingerprint density at radius 3 is 2.39 bits per heavy atom. The lowest BCUT2D eigenvalue weighted by Crippen LogP contribution is -2.44. The van der Waals surface area contributed by atoms with E-state index in [1.807, 2.05) is 0 Å². The number of rotatable bonds is 6. The van der Waals surface area contributed by atoms with Crippen molar-refractivity contribution in [2.45, 2.75) is 25.1 Å². The van der Waals surface area contributed by atoms with Gasteiger partial charge in [-0.05, 0) is 24.0 Å². The molecule has 23 heavy (non-hydrogen) atoms. The molecule has 0 fully saturated rings. The van der Waals surface area contributed by atoms with E-state index in [-0.39, 0.29) is 25.1 Å². The average molecular weight is 338 g/mol. The van der Waals surface area contributed by atoms with E-state index < -0.39 is 27.3 Å². The third-order valence-corrected chi connectivity index (χ3v) is 4.49. The lowest BCUT2D eigenvalue weighted by molar-refractivity contribution is -0.155. The number of hydrogen-bond donors (Lipinski definition) is 3. The fourth-order valence-corrected chi connectivity index (χ4v) is 3.17. The normalized spacial score (nSPS) is 16.2. The first kappa shape index (κ1) is 17.2. The summed E-state index contributed by atoms with van der Waals surface area (Å²) < 4.78 is 22.2. The molecule has 0 bridgehead atoms. The molecule has 124 valence electrons. The summed E-state index contributed by atoms with van der Waals surface area (Å²) in [7, 11) is -3.63. The molecule has 0 unspecified atom stereocenters. The zero-order valence-corrected chi connectivity index (χ0v) is 13.2. The number of aliphatic carboxylic acids is 1. The molecule has 1 aliphatic rings. The smallest absolute Gasteiger partial charge is 0.319 e. The Morgan fingerprint density at radius 2 is 1.83 bits per heavy atom. The third kappa shape index (κ3) is 4.17. The lowest BCUT2D eigenvalue weighted by Gasteiger charge is -2.22. The molecule has 0 saturated heterocycles. The van der Waals surface area contributed by atoms with Crippen LogP contribution in [-0.2, 0) is 31.9 Å². The Balaban J connectivity index is 2.05. The summed E-state index contributed by atoms with van der Waals surface area (Å²) in [5, 5.41) is 16.9. The van der Waals surface area contributed by atoms with Crippen LogP contribution in [-0.4, -0.2) is 25.4 Å². The summed E-state index contributed by atoms with van der Waals surface area (Å²) in [5.41, 5.74) is -0.265. The molecular formula is C15H18N2O5S. The number of sulfonamides is 1. The molecule has 8 heteroatoms. The standard InChI is InChI=1S/C15H18N2O5S/c16-23(21,22)10-12-5-3-4-11(8-12)9-17-13(18)15(14(19)20)6-1-2-7-15/h1-5,8H,6-7,9-10H2,(H,17,18)(H,19,20)(H2,16,21,22). The molecule has 0 heterocycles. The van der Waals surface area contributed by atoms with Crippen molar-refractivity contribution >= 4 is 21.9 Å². The molecule has 0 radical (unpaired) electrons. The van der Waals surface area contributed by atoms with Crippen LogP contribution in [0.25, 0.3) is 0 Å². The van der Waals surface area contributed by atoms with Crippen LogP contribution >= 0.6 is 0 Å². The monoisotopic (exact) mass is 338 g/mol. The molecule has 1 aliphatic carbocycles. The van der Waals surface area contributed by atoms with Gasteiger partial charge in [-0.25, -0.2) is 13.6 Å². The minimum atomic E-state index is -3.63. The third-order valence-electron chi connectivity index (χ3n) is 3.76. The molecule has 1 aromatic rings. The van der Waals surface area contributed by atoms with E-state index in [1.165, 1.54) is 0 Å². The first-order chi connectivity index (χ1) is 10.7. The van der Waals surface area contributed by atoms with Gasteiger partial charge in [0.1, 0.15) is 0 Å². The number of hydrogen-bond acceptors (Lipinski definition) is 4. The van der Waals surface area contributed by atoms with E-state index in [1.54, 1.807) is 36.4 Å². The number of allylic oxidation sites excluding steroid dienone is 2. The Bertz CT molecular complexity index is 747. The fourth-order valence-electron chi connectivity index (χ4n) is 2.52. The molecule has 1 aromatic carbocycles. The number of primary sulfonamides is 1. The minimum absolute atomic E-state index is 0.117. The number of carboxylic acids is 1. The summed E-state index contributed by atoms with van der Waals surface area (Å²) in [5.74, 6) is -1.99. The van der Waals surface area contributed by atoms with Gasteiger partial charge in [-0.1, -0.05) is 36.4 Å². The summed E-state index contributed by atoms with van der Waals surface area (Å²) in [6.45, 7) is 0.117.